The van der Waals surface area contributed by atoms with Crippen molar-refractivity contribution >= 4 is 16.9 Å². The molecule has 0 aliphatic carbocycles. The van der Waals surface area contributed by atoms with Gasteiger partial charge in [0.2, 0.25) is 5.91 Å². The molecule has 1 fully saturated rings. The highest BCUT2D eigenvalue weighted by atomic mass is 16.5. The second kappa shape index (κ2) is 8.35. The van der Waals surface area contributed by atoms with Gasteiger partial charge in [-0.2, -0.15) is 0 Å². The summed E-state index contributed by atoms with van der Waals surface area (Å²) in [7, 11) is 0. The van der Waals surface area contributed by atoms with E-state index in [1.165, 1.54) is 5.56 Å². The average molecular weight is 363 g/mol. The summed E-state index contributed by atoms with van der Waals surface area (Å²) in [4.78, 5) is 16.9. The molecule has 3 aromatic rings. The van der Waals surface area contributed by atoms with E-state index in [0.717, 1.165) is 49.1 Å². The molecule has 1 unspecified atom stereocenters. The summed E-state index contributed by atoms with van der Waals surface area (Å²) in [6.07, 6.45) is 3.23. The van der Waals surface area contributed by atoms with E-state index in [2.05, 4.69) is 52.3 Å². The smallest absolute Gasteiger partial charge is 0.249 e. The van der Waals surface area contributed by atoms with Crippen LogP contribution >= 0.6 is 0 Å². The van der Waals surface area contributed by atoms with Crippen LogP contribution in [0.25, 0.3) is 11.0 Å². The molecule has 1 N–H and O–H groups in total. The van der Waals surface area contributed by atoms with Crippen LogP contribution in [0.15, 0.2) is 54.6 Å². The van der Waals surface area contributed by atoms with Gasteiger partial charge in [-0.15, -0.1) is 0 Å². The summed E-state index contributed by atoms with van der Waals surface area (Å²) in [6, 6.07) is 18.7. The van der Waals surface area contributed by atoms with Crippen LogP contribution in [0, 0.1) is 0 Å². The summed E-state index contributed by atoms with van der Waals surface area (Å²) in [5.74, 6) is 1.08. The van der Waals surface area contributed by atoms with Gasteiger partial charge in [0.15, 0.2) is 0 Å². The Hall–Kier alpha value is -2.66. The lowest BCUT2D eigenvalue weighted by molar-refractivity contribution is -0.130. The van der Waals surface area contributed by atoms with E-state index >= 15 is 0 Å². The molecule has 1 amide bonds. The Morgan fingerprint density at radius 2 is 1.96 bits per heavy atom. The zero-order valence-corrected chi connectivity index (χ0v) is 15.4. The highest BCUT2D eigenvalue weighted by Crippen LogP contribution is 2.19. The molecule has 0 saturated carbocycles. The van der Waals surface area contributed by atoms with Crippen LogP contribution in [0.4, 0.5) is 0 Å². The van der Waals surface area contributed by atoms with Crippen molar-refractivity contribution in [2.75, 3.05) is 13.2 Å². The van der Waals surface area contributed by atoms with Gasteiger partial charge < -0.3 is 14.6 Å². The second-order valence-electron chi connectivity index (χ2n) is 6.98. The molecule has 140 valence electrons. The van der Waals surface area contributed by atoms with Gasteiger partial charge in [0.05, 0.1) is 11.0 Å². The molecule has 27 heavy (non-hydrogen) atoms. The number of imidazole rings is 1. The number of aryl methyl sites for hydroxylation is 1. The van der Waals surface area contributed by atoms with E-state index < -0.39 is 0 Å². The Bertz CT molecular complexity index is 898. The first-order valence-electron chi connectivity index (χ1n) is 9.68. The maximum atomic E-state index is 12.0. The van der Waals surface area contributed by atoms with Crippen molar-refractivity contribution in [3.05, 3.63) is 66.0 Å². The van der Waals surface area contributed by atoms with Crippen molar-refractivity contribution < 1.29 is 9.53 Å². The van der Waals surface area contributed by atoms with E-state index in [4.69, 9.17) is 9.72 Å². The van der Waals surface area contributed by atoms with Crippen LogP contribution in [0.1, 0.15) is 30.7 Å². The molecule has 1 atom stereocenters. The molecule has 1 aliphatic heterocycles. The topological polar surface area (TPSA) is 56.2 Å². The third-order valence-corrected chi connectivity index (χ3v) is 5.02. The zero-order valence-electron chi connectivity index (χ0n) is 15.4. The number of rotatable bonds is 7. The summed E-state index contributed by atoms with van der Waals surface area (Å²) >= 11 is 0. The average Bonchev–Trinajstić information content (AvgIpc) is 3.35. The third kappa shape index (κ3) is 4.19. The van der Waals surface area contributed by atoms with Crippen molar-refractivity contribution in [1.82, 2.24) is 14.9 Å². The second-order valence-corrected chi connectivity index (χ2v) is 6.98. The van der Waals surface area contributed by atoms with Crippen molar-refractivity contribution in [3.63, 3.8) is 0 Å². The first-order valence-corrected chi connectivity index (χ1v) is 9.68. The molecule has 0 spiro atoms. The third-order valence-electron chi connectivity index (χ3n) is 5.02. The van der Waals surface area contributed by atoms with Crippen molar-refractivity contribution in [2.24, 2.45) is 0 Å². The number of para-hydroxylation sites is 2. The van der Waals surface area contributed by atoms with E-state index in [-0.39, 0.29) is 12.0 Å². The monoisotopic (exact) mass is 363 g/mol. The lowest BCUT2D eigenvalue weighted by Crippen LogP contribution is -2.34. The quantitative estimate of drug-likeness (QED) is 0.655. The number of nitrogens with one attached hydrogen (secondary N) is 1. The number of hydrogen-bond donors (Lipinski definition) is 1. The van der Waals surface area contributed by atoms with Crippen LogP contribution in [-0.4, -0.2) is 34.7 Å². The van der Waals surface area contributed by atoms with Crippen LogP contribution < -0.4 is 5.32 Å². The predicted octanol–water partition coefficient (Wildman–Crippen LogP) is 3.31. The SMILES string of the molecule is O=C(NCCCc1nc2ccccc2n1Cc1ccccc1)C1CCCO1. The fourth-order valence-electron chi connectivity index (χ4n) is 3.62. The minimum atomic E-state index is -0.257. The van der Waals surface area contributed by atoms with Gasteiger partial charge in [-0.1, -0.05) is 42.5 Å². The highest BCUT2D eigenvalue weighted by molar-refractivity contribution is 5.80. The minimum Gasteiger partial charge on any atom is -0.368 e. The van der Waals surface area contributed by atoms with Gasteiger partial charge in [0.1, 0.15) is 11.9 Å². The van der Waals surface area contributed by atoms with Gasteiger partial charge in [0, 0.05) is 26.1 Å². The Labute approximate surface area is 159 Å². The first-order chi connectivity index (χ1) is 13.3. The summed E-state index contributed by atoms with van der Waals surface area (Å²) in [6.45, 7) is 2.15. The molecule has 4 rings (SSSR count). The lowest BCUT2D eigenvalue weighted by Gasteiger charge is -2.11. The number of carbonyl (C=O) groups excluding carboxylic acids is 1. The number of fused-ring (bicyclic) bond motifs is 1. The molecule has 1 saturated heterocycles. The standard InChI is InChI=1S/C22H25N3O2/c26-22(20-12-7-15-27-20)23-14-6-13-21-24-18-10-4-5-11-19(18)25(21)16-17-8-2-1-3-9-17/h1-5,8-11,20H,6-7,12-16H2,(H,23,26). The molecule has 5 nitrogen and oxygen atoms in total. The van der Waals surface area contributed by atoms with Crippen LogP contribution in [-0.2, 0) is 22.5 Å². The largest absolute Gasteiger partial charge is 0.368 e. The Kier molecular flexibility index (Phi) is 5.49. The lowest BCUT2D eigenvalue weighted by atomic mass is 10.2. The fraction of sp³-hybridized carbons (Fsp3) is 0.364. The highest BCUT2D eigenvalue weighted by Gasteiger charge is 2.22. The fourth-order valence-corrected chi connectivity index (χ4v) is 3.62. The van der Waals surface area contributed by atoms with Crippen molar-refractivity contribution in [3.8, 4) is 0 Å². The molecule has 0 bridgehead atoms. The molecular weight excluding hydrogens is 338 g/mol. The maximum absolute atomic E-state index is 12.0. The first kappa shape index (κ1) is 17.7. The summed E-state index contributed by atoms with van der Waals surface area (Å²) in [5.41, 5.74) is 3.43. The Morgan fingerprint density at radius 1 is 1.15 bits per heavy atom. The predicted molar refractivity (Wildman–Crippen MR) is 106 cm³/mol. The summed E-state index contributed by atoms with van der Waals surface area (Å²) < 4.78 is 7.71. The van der Waals surface area contributed by atoms with Gasteiger partial charge >= 0.3 is 0 Å². The van der Waals surface area contributed by atoms with Crippen LogP contribution in [0.2, 0.25) is 0 Å². The van der Waals surface area contributed by atoms with Gasteiger partial charge in [0.25, 0.3) is 0 Å². The molecule has 5 heteroatoms. The van der Waals surface area contributed by atoms with E-state index in [1.54, 1.807) is 0 Å². The number of aromatic nitrogens is 2. The Morgan fingerprint density at radius 3 is 2.78 bits per heavy atom. The van der Waals surface area contributed by atoms with E-state index in [1.807, 2.05) is 12.1 Å². The number of hydrogen-bond acceptors (Lipinski definition) is 3. The van der Waals surface area contributed by atoms with E-state index in [9.17, 15) is 4.79 Å². The number of amides is 1. The molecule has 1 aliphatic rings. The van der Waals surface area contributed by atoms with Crippen molar-refractivity contribution in [2.45, 2.75) is 38.3 Å². The maximum Gasteiger partial charge on any atom is 0.249 e. The Balaban J connectivity index is 1.43. The number of benzene rings is 2. The number of ether oxygens (including phenoxy) is 1. The van der Waals surface area contributed by atoms with Crippen LogP contribution in [0.5, 0.6) is 0 Å². The van der Waals surface area contributed by atoms with E-state index in [0.29, 0.717) is 13.2 Å². The van der Waals surface area contributed by atoms with Crippen molar-refractivity contribution in [1.29, 1.82) is 0 Å². The molecule has 2 aromatic carbocycles. The summed E-state index contributed by atoms with van der Waals surface area (Å²) in [5, 5.41) is 3.00. The molecular formula is C22H25N3O2. The number of carbonyl (C=O) groups is 1. The van der Waals surface area contributed by atoms with Gasteiger partial charge in [-0.05, 0) is 37.0 Å². The zero-order chi connectivity index (χ0) is 18.5. The molecule has 2 heterocycles. The van der Waals surface area contributed by atoms with Crippen LogP contribution in [0.3, 0.4) is 0 Å². The van der Waals surface area contributed by atoms with Gasteiger partial charge in [-0.25, -0.2) is 4.98 Å². The molecule has 1 aromatic heterocycles. The normalized spacial score (nSPS) is 16.7. The van der Waals surface area contributed by atoms with Gasteiger partial charge in [-0.3, -0.25) is 4.79 Å². The number of nitrogens with zero attached hydrogens (tertiary/aromatic N) is 2. The minimum absolute atomic E-state index is 0.0188. The molecule has 0 radical (unpaired) electrons.